The smallest absolute Gasteiger partial charge is 0.347 e. The van der Waals surface area contributed by atoms with Crippen molar-refractivity contribution in [2.45, 2.75) is 31.0 Å². The molecular weight excluding hydrogens is 520 g/mol. The van der Waals surface area contributed by atoms with E-state index in [1.807, 2.05) is 0 Å². The molecule has 3 aliphatic rings. The Morgan fingerprint density at radius 2 is 1.62 bits per heavy atom. The monoisotopic (exact) mass is 540 g/mol. The fourth-order valence-electron chi connectivity index (χ4n) is 5.43. The lowest BCUT2D eigenvalue weighted by Crippen LogP contribution is -2.59. The number of carbonyl (C=O) groups is 2. The first kappa shape index (κ1) is 24.7. The van der Waals surface area contributed by atoms with Crippen molar-refractivity contribution in [3.63, 3.8) is 0 Å². The van der Waals surface area contributed by atoms with Gasteiger partial charge in [-0.25, -0.2) is 4.79 Å². The van der Waals surface area contributed by atoms with Gasteiger partial charge in [0.2, 0.25) is 5.78 Å². The van der Waals surface area contributed by atoms with Gasteiger partial charge in [0.05, 0.1) is 23.8 Å². The Balaban J connectivity index is 1.58. The zero-order valence-electron chi connectivity index (χ0n) is 20.5. The summed E-state index contributed by atoms with van der Waals surface area (Å²) in [4.78, 5) is 38.1. The molecule has 0 saturated carbocycles. The van der Waals surface area contributed by atoms with E-state index in [0.717, 1.165) is 13.2 Å². The van der Waals surface area contributed by atoms with Crippen LogP contribution in [-0.2, 0) is 9.47 Å². The van der Waals surface area contributed by atoms with Gasteiger partial charge in [0.25, 0.3) is 0 Å². The van der Waals surface area contributed by atoms with Crippen LogP contribution in [0.4, 0.5) is 0 Å². The Bertz CT molecular complexity index is 1730. The summed E-state index contributed by atoms with van der Waals surface area (Å²) >= 11 is 0. The lowest BCUT2D eigenvalue weighted by molar-refractivity contribution is -0.263. The van der Waals surface area contributed by atoms with Gasteiger partial charge < -0.3 is 48.9 Å². The van der Waals surface area contributed by atoms with Crippen molar-refractivity contribution in [2.75, 3.05) is 14.2 Å². The van der Waals surface area contributed by atoms with Gasteiger partial charge >= 0.3 is 11.4 Å². The molecule has 5 N–H and O–H groups in total. The maximum atomic E-state index is 12.9. The van der Waals surface area contributed by atoms with Crippen molar-refractivity contribution in [3.05, 3.63) is 62.4 Å². The third-order valence-electron chi connectivity index (χ3n) is 7.19. The number of aromatic hydroxyl groups is 3. The summed E-state index contributed by atoms with van der Waals surface area (Å²) in [7, 11) is 2.36. The maximum absolute atomic E-state index is 12.9. The van der Waals surface area contributed by atoms with E-state index < -0.39 is 92.5 Å². The van der Waals surface area contributed by atoms with Crippen molar-refractivity contribution in [1.29, 1.82) is 0 Å². The van der Waals surface area contributed by atoms with E-state index in [1.54, 1.807) is 0 Å². The van der Waals surface area contributed by atoms with E-state index in [0.29, 0.717) is 0 Å². The number of phenols is 3. The molecule has 0 amide bonds. The van der Waals surface area contributed by atoms with Crippen LogP contribution in [0, 0.1) is 6.92 Å². The van der Waals surface area contributed by atoms with Crippen LogP contribution < -0.4 is 15.1 Å². The number of hydrogen-bond acceptors (Lipinski definition) is 13. The fraction of sp³-hybridized carbons (Fsp3) is 0.269. The third-order valence-corrected chi connectivity index (χ3v) is 7.19. The number of aryl methyl sites for hydroxylation is 1. The topological polar surface area (TPSA) is 202 Å². The number of fused-ring (bicyclic) bond motifs is 4. The van der Waals surface area contributed by atoms with Crippen molar-refractivity contribution in [3.8, 4) is 28.7 Å². The van der Waals surface area contributed by atoms with E-state index in [-0.39, 0.29) is 22.1 Å². The Morgan fingerprint density at radius 3 is 2.28 bits per heavy atom. The van der Waals surface area contributed by atoms with Crippen LogP contribution in [0.15, 0.2) is 33.2 Å². The maximum Gasteiger partial charge on any atom is 0.347 e. The lowest BCUT2D eigenvalue weighted by atomic mass is 9.85. The summed E-state index contributed by atoms with van der Waals surface area (Å²) in [5.74, 6) is -8.21. The minimum absolute atomic E-state index is 0.0874. The number of allylic oxidation sites excluding steroid dienone is 2. The van der Waals surface area contributed by atoms with Gasteiger partial charge in [-0.2, -0.15) is 0 Å². The SMILES string of the molecule is COC1=CC(=O)c2c(O)c3c(c(O)c2C1=O)O[C@@]1(Oc2c(cc4cc(C)oc(=O)c4c2O)[C@@H](OC)[C@@H]1O)[C@@H]3O. The molecule has 0 unspecified atom stereocenters. The van der Waals surface area contributed by atoms with Gasteiger partial charge in [-0.15, -0.1) is 0 Å². The molecule has 0 bridgehead atoms. The summed E-state index contributed by atoms with van der Waals surface area (Å²) in [5, 5.41) is 55.8. The van der Waals surface area contributed by atoms with E-state index >= 15 is 0 Å². The van der Waals surface area contributed by atoms with Crippen LogP contribution in [-0.4, -0.2) is 63.2 Å². The minimum Gasteiger partial charge on any atom is -0.507 e. The normalized spacial score (nSPS) is 25.1. The molecular formula is C26H20O13. The average Bonchev–Trinajstić information content (AvgIpc) is 3.18. The highest BCUT2D eigenvalue weighted by molar-refractivity contribution is 6.26. The molecule has 4 atom stereocenters. The summed E-state index contributed by atoms with van der Waals surface area (Å²) < 4.78 is 27.0. The van der Waals surface area contributed by atoms with Crippen molar-refractivity contribution < 1.29 is 58.5 Å². The molecule has 13 heteroatoms. The van der Waals surface area contributed by atoms with Gasteiger partial charge in [0, 0.05) is 18.7 Å². The predicted molar refractivity (Wildman–Crippen MR) is 127 cm³/mol. The van der Waals surface area contributed by atoms with E-state index in [1.165, 1.54) is 26.2 Å². The summed E-state index contributed by atoms with van der Waals surface area (Å²) in [6.07, 6.45) is -4.52. The van der Waals surface area contributed by atoms with Gasteiger partial charge in [-0.1, -0.05) is 0 Å². The highest BCUT2D eigenvalue weighted by Crippen LogP contribution is 2.61. The molecule has 2 aromatic carbocycles. The predicted octanol–water partition coefficient (Wildman–Crippen LogP) is 1.39. The Labute approximate surface area is 217 Å². The van der Waals surface area contributed by atoms with E-state index in [2.05, 4.69) is 0 Å². The van der Waals surface area contributed by atoms with Crippen LogP contribution in [0.1, 0.15) is 49.8 Å². The average molecular weight is 540 g/mol. The number of carbonyl (C=O) groups excluding carboxylic acids is 2. The summed E-state index contributed by atoms with van der Waals surface area (Å²) in [6.45, 7) is 1.53. The molecule has 3 heterocycles. The van der Waals surface area contributed by atoms with Crippen molar-refractivity contribution in [2.24, 2.45) is 0 Å². The number of benzene rings is 2. The van der Waals surface area contributed by atoms with Crippen LogP contribution in [0.25, 0.3) is 10.8 Å². The minimum atomic E-state index is -2.59. The summed E-state index contributed by atoms with van der Waals surface area (Å²) in [5.41, 5.74) is -2.62. The second kappa shape index (κ2) is 7.96. The highest BCUT2D eigenvalue weighted by atomic mass is 16.7. The van der Waals surface area contributed by atoms with E-state index in [4.69, 9.17) is 23.4 Å². The number of hydrogen-bond donors (Lipinski definition) is 5. The molecule has 1 spiro atoms. The first-order valence-corrected chi connectivity index (χ1v) is 11.5. The lowest BCUT2D eigenvalue weighted by Gasteiger charge is -2.43. The zero-order chi connectivity index (χ0) is 28.1. The van der Waals surface area contributed by atoms with Gasteiger partial charge in [0.1, 0.15) is 23.0 Å². The number of Topliss-reactive ketones (excluding diaryl/α,β-unsaturated/α-hetero) is 1. The number of ketones is 2. The van der Waals surface area contributed by atoms with Crippen molar-refractivity contribution >= 4 is 22.3 Å². The Hall–Kier alpha value is -4.59. The number of rotatable bonds is 2. The first-order valence-electron chi connectivity index (χ1n) is 11.5. The fourth-order valence-corrected chi connectivity index (χ4v) is 5.43. The number of ether oxygens (including phenoxy) is 4. The standard InChI is InChI=1S/C26H20O13/c1-7-4-8-5-9-20(18(30)12(8)25(34)37-7)38-26(24(33)21(9)36-3)23(32)15-17(29)13-10(27)6-11(35-2)16(28)14(13)19(31)22(15)39-26/h4-6,21,23-24,29-33H,1-3H3/t21-,23-,24+,26+/m1/s1. The van der Waals surface area contributed by atoms with Gasteiger partial charge in [-0.3, -0.25) is 9.59 Å². The van der Waals surface area contributed by atoms with Crippen LogP contribution in [0.3, 0.4) is 0 Å². The molecule has 0 fully saturated rings. The molecule has 202 valence electrons. The number of aliphatic hydroxyl groups is 2. The summed E-state index contributed by atoms with van der Waals surface area (Å²) in [6, 6.07) is 2.91. The molecule has 2 aliphatic heterocycles. The molecule has 13 nitrogen and oxygen atoms in total. The van der Waals surface area contributed by atoms with Gasteiger partial charge in [-0.05, 0) is 24.4 Å². The van der Waals surface area contributed by atoms with E-state index in [9.17, 15) is 39.9 Å². The molecule has 1 aromatic heterocycles. The first-order chi connectivity index (χ1) is 18.5. The molecule has 0 saturated heterocycles. The highest BCUT2D eigenvalue weighted by Gasteiger charge is 2.64. The van der Waals surface area contributed by atoms with Crippen LogP contribution in [0.2, 0.25) is 0 Å². The molecule has 0 radical (unpaired) electrons. The Morgan fingerprint density at radius 1 is 0.923 bits per heavy atom. The second-order valence-electron chi connectivity index (χ2n) is 9.28. The number of methoxy groups -OCH3 is 2. The molecule has 1 aliphatic carbocycles. The quantitative estimate of drug-likeness (QED) is 0.292. The molecule has 39 heavy (non-hydrogen) atoms. The zero-order valence-corrected chi connectivity index (χ0v) is 20.5. The largest absolute Gasteiger partial charge is 0.507 e. The number of phenolic OH excluding ortho intramolecular Hbond substituents is 3. The van der Waals surface area contributed by atoms with Crippen molar-refractivity contribution in [1.82, 2.24) is 0 Å². The number of aliphatic hydroxyl groups excluding tert-OH is 2. The van der Waals surface area contributed by atoms with Gasteiger partial charge in [0.15, 0.2) is 46.7 Å². The molecule has 6 rings (SSSR count). The second-order valence-corrected chi connectivity index (χ2v) is 9.28. The van der Waals surface area contributed by atoms with Crippen LogP contribution in [0.5, 0.6) is 28.7 Å². The molecule has 3 aromatic rings. The third kappa shape index (κ3) is 2.97. The Kier molecular flexibility index (Phi) is 5.05. The van der Waals surface area contributed by atoms with Crippen LogP contribution >= 0.6 is 0 Å².